The molecule has 2 aromatic carbocycles. The van der Waals surface area contributed by atoms with Gasteiger partial charge in [-0.05, 0) is 56.4 Å². The van der Waals surface area contributed by atoms with Gasteiger partial charge in [0.1, 0.15) is 19.0 Å². The summed E-state index contributed by atoms with van der Waals surface area (Å²) in [6.45, 7) is 11.0. The van der Waals surface area contributed by atoms with Gasteiger partial charge in [-0.15, -0.1) is 0 Å². The fraction of sp³-hybridized carbons (Fsp3) is 0.417. The van der Waals surface area contributed by atoms with Crippen molar-refractivity contribution in [3.8, 4) is 17.2 Å². The highest BCUT2D eigenvalue weighted by Gasteiger charge is 2.24. The van der Waals surface area contributed by atoms with Crippen molar-refractivity contribution in [2.45, 2.75) is 20.8 Å². The van der Waals surface area contributed by atoms with Crippen LogP contribution in [0.25, 0.3) is 10.2 Å². The third-order valence-electron chi connectivity index (χ3n) is 5.46. The topological polar surface area (TPSA) is 64.1 Å². The van der Waals surface area contributed by atoms with Gasteiger partial charge in [0.05, 0.1) is 16.8 Å². The average molecular weight is 456 g/mol. The fourth-order valence-corrected chi connectivity index (χ4v) is 4.68. The van der Waals surface area contributed by atoms with E-state index in [1.165, 1.54) is 11.3 Å². The van der Waals surface area contributed by atoms with E-state index in [2.05, 4.69) is 18.7 Å². The number of hydrogen-bond donors (Lipinski definition) is 0. The Morgan fingerprint density at radius 3 is 2.56 bits per heavy atom. The van der Waals surface area contributed by atoms with Gasteiger partial charge < -0.3 is 19.1 Å². The highest BCUT2D eigenvalue weighted by atomic mass is 32.1. The van der Waals surface area contributed by atoms with Crippen molar-refractivity contribution < 1.29 is 19.0 Å². The lowest BCUT2D eigenvalue weighted by atomic mass is 10.1. The standard InChI is InChI=1S/C24H29N3O4S/c1-4-26(5-2)11-12-27(23(28)17-7-10-20-21(15-17)31-14-13-30-20)24-25-19-9-8-18(29-6-3)16-22(19)32-24/h7-10,15-16H,4-6,11-14H2,1-3H3. The molecule has 3 aromatic rings. The zero-order valence-corrected chi connectivity index (χ0v) is 19.6. The summed E-state index contributed by atoms with van der Waals surface area (Å²) < 4.78 is 17.9. The minimum atomic E-state index is -0.0989. The number of thiazole rings is 1. The SMILES string of the molecule is CCOc1ccc2nc(N(CCN(CC)CC)C(=O)c3ccc4c(c3)OCCO4)sc2c1. The minimum Gasteiger partial charge on any atom is -0.494 e. The van der Waals surface area contributed by atoms with Gasteiger partial charge >= 0.3 is 0 Å². The van der Waals surface area contributed by atoms with Crippen LogP contribution in [0.3, 0.4) is 0 Å². The predicted octanol–water partition coefficient (Wildman–Crippen LogP) is 4.45. The van der Waals surface area contributed by atoms with E-state index in [9.17, 15) is 4.79 Å². The molecule has 1 aromatic heterocycles. The largest absolute Gasteiger partial charge is 0.494 e. The Hall–Kier alpha value is -2.84. The molecule has 0 radical (unpaired) electrons. The van der Waals surface area contributed by atoms with Crippen LogP contribution in [-0.4, -0.2) is 61.8 Å². The second kappa shape index (κ2) is 10.2. The fourth-order valence-electron chi connectivity index (χ4n) is 3.66. The van der Waals surface area contributed by atoms with Gasteiger partial charge in [-0.1, -0.05) is 25.2 Å². The highest BCUT2D eigenvalue weighted by Crippen LogP contribution is 2.34. The minimum absolute atomic E-state index is 0.0989. The highest BCUT2D eigenvalue weighted by molar-refractivity contribution is 7.22. The summed E-state index contributed by atoms with van der Waals surface area (Å²) in [5.41, 5.74) is 1.42. The first-order valence-electron chi connectivity index (χ1n) is 11.1. The summed E-state index contributed by atoms with van der Waals surface area (Å²) in [4.78, 5) is 22.5. The first kappa shape index (κ1) is 22.4. The molecule has 0 bridgehead atoms. The molecule has 0 aliphatic carbocycles. The van der Waals surface area contributed by atoms with E-state index in [1.54, 1.807) is 23.1 Å². The molecule has 0 fully saturated rings. The summed E-state index contributed by atoms with van der Waals surface area (Å²) in [7, 11) is 0. The lowest BCUT2D eigenvalue weighted by Crippen LogP contribution is -2.38. The van der Waals surface area contributed by atoms with Crippen molar-refractivity contribution >= 4 is 32.6 Å². The van der Waals surface area contributed by atoms with Gasteiger partial charge in [0.15, 0.2) is 16.6 Å². The van der Waals surface area contributed by atoms with E-state index in [0.717, 1.165) is 35.6 Å². The number of anilines is 1. The monoisotopic (exact) mass is 455 g/mol. The Morgan fingerprint density at radius 1 is 1.03 bits per heavy atom. The number of carbonyl (C=O) groups is 1. The number of amides is 1. The molecule has 0 spiro atoms. The van der Waals surface area contributed by atoms with Crippen molar-refractivity contribution in [3.05, 3.63) is 42.0 Å². The third-order valence-corrected chi connectivity index (χ3v) is 6.50. The second-order valence-electron chi connectivity index (χ2n) is 7.40. The number of likely N-dealkylation sites (N-methyl/N-ethyl adjacent to an activating group) is 1. The molecule has 170 valence electrons. The van der Waals surface area contributed by atoms with Crippen LogP contribution in [0.4, 0.5) is 5.13 Å². The molecule has 1 aliphatic heterocycles. The summed E-state index contributed by atoms with van der Waals surface area (Å²) in [6, 6.07) is 11.2. The lowest BCUT2D eigenvalue weighted by Gasteiger charge is -2.25. The molecule has 0 unspecified atom stereocenters. The molecule has 0 saturated carbocycles. The Labute approximate surface area is 192 Å². The van der Waals surface area contributed by atoms with E-state index in [-0.39, 0.29) is 5.91 Å². The molecule has 0 N–H and O–H groups in total. The van der Waals surface area contributed by atoms with Crippen LogP contribution < -0.4 is 19.1 Å². The van der Waals surface area contributed by atoms with Gasteiger partial charge in [-0.3, -0.25) is 9.69 Å². The van der Waals surface area contributed by atoms with E-state index < -0.39 is 0 Å². The van der Waals surface area contributed by atoms with Crippen LogP contribution in [0.1, 0.15) is 31.1 Å². The molecular formula is C24H29N3O4S. The van der Waals surface area contributed by atoms with Crippen LogP contribution >= 0.6 is 11.3 Å². The number of aromatic nitrogens is 1. The Morgan fingerprint density at radius 2 is 1.81 bits per heavy atom. The molecule has 8 heteroatoms. The lowest BCUT2D eigenvalue weighted by molar-refractivity contribution is 0.0982. The number of fused-ring (bicyclic) bond motifs is 2. The van der Waals surface area contributed by atoms with Crippen molar-refractivity contribution in [2.24, 2.45) is 0 Å². The zero-order chi connectivity index (χ0) is 22.5. The van der Waals surface area contributed by atoms with Gasteiger partial charge in [0.25, 0.3) is 5.91 Å². The number of ether oxygens (including phenoxy) is 3. The van der Waals surface area contributed by atoms with E-state index in [4.69, 9.17) is 19.2 Å². The van der Waals surface area contributed by atoms with Gasteiger partial charge in [-0.25, -0.2) is 4.98 Å². The van der Waals surface area contributed by atoms with Crippen molar-refractivity contribution in [2.75, 3.05) is 50.9 Å². The molecule has 1 aliphatic rings. The van der Waals surface area contributed by atoms with Crippen LogP contribution in [0.15, 0.2) is 36.4 Å². The predicted molar refractivity (Wildman–Crippen MR) is 128 cm³/mol. The molecule has 32 heavy (non-hydrogen) atoms. The van der Waals surface area contributed by atoms with E-state index in [0.29, 0.717) is 48.6 Å². The summed E-state index contributed by atoms with van der Waals surface area (Å²) in [5, 5.41) is 0.681. The number of nitrogens with zero attached hydrogens (tertiary/aromatic N) is 3. The molecule has 0 atom stereocenters. The average Bonchev–Trinajstić information content (AvgIpc) is 3.24. The van der Waals surface area contributed by atoms with Gasteiger partial charge in [0, 0.05) is 18.7 Å². The number of rotatable bonds is 9. The third kappa shape index (κ3) is 4.81. The number of carbonyl (C=O) groups excluding carboxylic acids is 1. The molecule has 4 rings (SSSR count). The molecule has 7 nitrogen and oxygen atoms in total. The molecule has 1 amide bonds. The molecule has 2 heterocycles. The molecular weight excluding hydrogens is 426 g/mol. The molecule has 0 saturated heterocycles. The van der Waals surface area contributed by atoms with Gasteiger partial charge in [-0.2, -0.15) is 0 Å². The second-order valence-corrected chi connectivity index (χ2v) is 8.41. The van der Waals surface area contributed by atoms with Crippen LogP contribution in [-0.2, 0) is 0 Å². The van der Waals surface area contributed by atoms with Crippen molar-refractivity contribution in [3.63, 3.8) is 0 Å². The van der Waals surface area contributed by atoms with Crippen LogP contribution in [0, 0.1) is 0 Å². The number of benzene rings is 2. The van der Waals surface area contributed by atoms with Crippen molar-refractivity contribution in [1.29, 1.82) is 0 Å². The quantitative estimate of drug-likeness (QED) is 0.475. The smallest absolute Gasteiger partial charge is 0.260 e. The summed E-state index contributed by atoms with van der Waals surface area (Å²) in [5.74, 6) is 1.99. The first-order chi connectivity index (χ1) is 15.6. The Balaban J connectivity index is 1.66. The van der Waals surface area contributed by atoms with Gasteiger partial charge in [0.2, 0.25) is 0 Å². The van der Waals surface area contributed by atoms with Crippen LogP contribution in [0.5, 0.6) is 17.2 Å². The maximum atomic E-state index is 13.6. The van der Waals surface area contributed by atoms with Crippen LogP contribution in [0.2, 0.25) is 0 Å². The summed E-state index contributed by atoms with van der Waals surface area (Å²) >= 11 is 1.50. The normalized spacial score (nSPS) is 12.9. The number of hydrogen-bond acceptors (Lipinski definition) is 7. The zero-order valence-electron chi connectivity index (χ0n) is 18.8. The van der Waals surface area contributed by atoms with E-state index in [1.807, 2.05) is 25.1 Å². The Bertz CT molecular complexity index is 1080. The van der Waals surface area contributed by atoms with E-state index >= 15 is 0 Å². The maximum Gasteiger partial charge on any atom is 0.260 e. The summed E-state index contributed by atoms with van der Waals surface area (Å²) in [6.07, 6.45) is 0. The maximum absolute atomic E-state index is 13.6. The van der Waals surface area contributed by atoms with Crippen molar-refractivity contribution in [1.82, 2.24) is 9.88 Å². The first-order valence-corrected chi connectivity index (χ1v) is 11.9. The Kier molecular flexibility index (Phi) is 7.12.